The van der Waals surface area contributed by atoms with Gasteiger partial charge in [0.2, 0.25) is 0 Å². The maximum absolute atomic E-state index is 13.5. The average Bonchev–Trinajstić information content (AvgIpc) is 2.89. The zero-order valence-corrected chi connectivity index (χ0v) is 23.1. The SMILES string of the molecule is CCC(C)(CC(C)(CC(C)(C)C(=O)OCc1c2ccccc2cc2ccccc12)C(=O)OCO)C(=O)OC. The van der Waals surface area contributed by atoms with Gasteiger partial charge in [0.05, 0.1) is 23.4 Å². The minimum atomic E-state index is -1.27. The highest BCUT2D eigenvalue weighted by atomic mass is 16.6. The summed E-state index contributed by atoms with van der Waals surface area (Å²) >= 11 is 0. The number of hydrogen-bond acceptors (Lipinski definition) is 7. The molecule has 3 aromatic carbocycles. The number of rotatable bonds is 11. The topological polar surface area (TPSA) is 99.1 Å². The smallest absolute Gasteiger partial charge is 0.313 e. The highest BCUT2D eigenvalue weighted by Gasteiger charge is 2.49. The lowest BCUT2D eigenvalue weighted by Crippen LogP contribution is -2.44. The zero-order valence-electron chi connectivity index (χ0n) is 23.1. The molecule has 7 nitrogen and oxygen atoms in total. The van der Waals surface area contributed by atoms with Crippen molar-refractivity contribution in [1.82, 2.24) is 0 Å². The number of carbonyl (C=O) groups is 3. The first-order chi connectivity index (χ1) is 17.9. The molecule has 2 atom stereocenters. The van der Waals surface area contributed by atoms with Gasteiger partial charge in [0.1, 0.15) is 6.61 Å². The molecule has 0 aliphatic carbocycles. The van der Waals surface area contributed by atoms with Crippen LogP contribution in [0.2, 0.25) is 0 Å². The fourth-order valence-electron chi connectivity index (χ4n) is 5.53. The van der Waals surface area contributed by atoms with Gasteiger partial charge >= 0.3 is 17.9 Å². The van der Waals surface area contributed by atoms with Gasteiger partial charge < -0.3 is 19.3 Å². The van der Waals surface area contributed by atoms with Crippen LogP contribution >= 0.6 is 0 Å². The summed E-state index contributed by atoms with van der Waals surface area (Å²) < 4.78 is 15.9. The van der Waals surface area contributed by atoms with Crippen LogP contribution in [0.25, 0.3) is 21.5 Å². The van der Waals surface area contributed by atoms with Crippen LogP contribution in [-0.2, 0) is 35.2 Å². The quantitative estimate of drug-likeness (QED) is 0.144. The Morgan fingerprint density at radius 3 is 1.82 bits per heavy atom. The van der Waals surface area contributed by atoms with Crippen LogP contribution in [-0.4, -0.2) is 36.9 Å². The van der Waals surface area contributed by atoms with E-state index in [2.05, 4.69) is 6.07 Å². The highest BCUT2D eigenvalue weighted by Crippen LogP contribution is 2.46. The van der Waals surface area contributed by atoms with Crippen LogP contribution < -0.4 is 0 Å². The van der Waals surface area contributed by atoms with Gasteiger partial charge in [-0.2, -0.15) is 0 Å². The largest absolute Gasteiger partial charge is 0.469 e. The monoisotopic (exact) mass is 522 g/mol. The molecule has 2 unspecified atom stereocenters. The van der Waals surface area contributed by atoms with Crippen LogP contribution in [0.5, 0.6) is 0 Å². The minimum Gasteiger partial charge on any atom is -0.469 e. The molecule has 0 aromatic heterocycles. The van der Waals surface area contributed by atoms with Crippen molar-refractivity contribution in [1.29, 1.82) is 0 Å². The van der Waals surface area contributed by atoms with Crippen LogP contribution in [0.15, 0.2) is 54.6 Å². The summed E-state index contributed by atoms with van der Waals surface area (Å²) in [4.78, 5) is 39.1. The number of hydrogen-bond donors (Lipinski definition) is 1. The normalized spacial score (nSPS) is 14.9. The first-order valence-electron chi connectivity index (χ1n) is 12.8. The molecule has 0 saturated heterocycles. The lowest BCUT2D eigenvalue weighted by molar-refractivity contribution is -0.173. The van der Waals surface area contributed by atoms with E-state index in [1.165, 1.54) is 7.11 Å². The van der Waals surface area contributed by atoms with Crippen LogP contribution in [0.4, 0.5) is 0 Å². The lowest BCUT2D eigenvalue weighted by atomic mass is 9.65. The molecule has 3 aromatic rings. The Morgan fingerprint density at radius 2 is 1.32 bits per heavy atom. The van der Waals surface area contributed by atoms with Gasteiger partial charge in [0.25, 0.3) is 0 Å². The third-order valence-corrected chi connectivity index (χ3v) is 7.54. The number of methoxy groups -OCH3 is 1. The second-order valence-electron chi connectivity index (χ2n) is 11.1. The predicted octanol–water partition coefficient (Wildman–Crippen LogP) is 5.93. The molecular weight excluding hydrogens is 484 g/mol. The standard InChI is InChI=1S/C31H38O7/c1-7-30(4,27(34)36-6)19-31(5,28(35)38-20-32)18-29(2,3)26(33)37-17-25-23-14-10-8-12-21(23)16-22-13-9-11-15-24(22)25/h8-16,32H,7,17-20H2,1-6H3. The first kappa shape index (κ1) is 29.1. The Balaban J connectivity index is 1.90. The van der Waals surface area contributed by atoms with E-state index in [-0.39, 0.29) is 19.4 Å². The summed E-state index contributed by atoms with van der Waals surface area (Å²) in [6.07, 6.45) is 0.536. The summed E-state index contributed by atoms with van der Waals surface area (Å²) in [6.45, 7) is 7.90. The fraction of sp³-hybridized carbons (Fsp3) is 0.452. The van der Waals surface area contributed by atoms with Crippen molar-refractivity contribution in [3.63, 3.8) is 0 Å². The van der Waals surface area contributed by atoms with Gasteiger partial charge in [-0.15, -0.1) is 0 Å². The van der Waals surface area contributed by atoms with E-state index in [1.54, 1.807) is 27.7 Å². The minimum absolute atomic E-state index is 0.0422. The molecule has 0 heterocycles. The van der Waals surface area contributed by atoms with E-state index < -0.39 is 40.9 Å². The van der Waals surface area contributed by atoms with Gasteiger partial charge in [-0.05, 0) is 74.6 Å². The van der Waals surface area contributed by atoms with E-state index in [1.807, 2.05) is 55.5 Å². The molecule has 0 aliphatic heterocycles. The summed E-state index contributed by atoms with van der Waals surface area (Å²) in [5.41, 5.74) is -2.44. The molecule has 204 valence electrons. The number of carbonyl (C=O) groups excluding carboxylic acids is 3. The van der Waals surface area contributed by atoms with Gasteiger partial charge in [-0.25, -0.2) is 0 Å². The maximum atomic E-state index is 13.5. The molecule has 0 radical (unpaired) electrons. The third kappa shape index (κ3) is 5.99. The average molecular weight is 523 g/mol. The molecule has 0 bridgehead atoms. The van der Waals surface area contributed by atoms with E-state index in [4.69, 9.17) is 14.2 Å². The van der Waals surface area contributed by atoms with Crippen molar-refractivity contribution in [3.8, 4) is 0 Å². The maximum Gasteiger partial charge on any atom is 0.313 e. The number of aliphatic hydroxyl groups is 1. The lowest BCUT2D eigenvalue weighted by Gasteiger charge is -2.39. The Kier molecular flexibility index (Phi) is 8.82. The molecule has 1 N–H and O–H groups in total. The number of fused-ring (bicyclic) bond motifs is 2. The number of ether oxygens (including phenoxy) is 3. The summed E-state index contributed by atoms with van der Waals surface area (Å²) in [5, 5.41) is 13.4. The molecule has 0 saturated carbocycles. The molecular formula is C31H38O7. The summed E-state index contributed by atoms with van der Waals surface area (Å²) in [6, 6.07) is 18.0. The summed E-state index contributed by atoms with van der Waals surface area (Å²) in [5.74, 6) is -1.62. The Bertz CT molecular complexity index is 1270. The Morgan fingerprint density at radius 1 is 0.763 bits per heavy atom. The van der Waals surface area contributed by atoms with E-state index in [0.717, 1.165) is 27.1 Å². The summed E-state index contributed by atoms with van der Waals surface area (Å²) in [7, 11) is 1.30. The van der Waals surface area contributed by atoms with Crippen molar-refractivity contribution in [2.24, 2.45) is 16.2 Å². The predicted molar refractivity (Wildman–Crippen MR) is 146 cm³/mol. The molecule has 0 fully saturated rings. The van der Waals surface area contributed by atoms with Gasteiger partial charge in [0.15, 0.2) is 6.79 Å². The van der Waals surface area contributed by atoms with Gasteiger partial charge in [0, 0.05) is 5.56 Å². The van der Waals surface area contributed by atoms with E-state index in [9.17, 15) is 19.5 Å². The fourth-order valence-corrected chi connectivity index (χ4v) is 5.53. The van der Waals surface area contributed by atoms with Crippen molar-refractivity contribution in [2.45, 2.75) is 60.5 Å². The molecule has 0 amide bonds. The number of esters is 3. The molecule has 0 spiro atoms. The van der Waals surface area contributed by atoms with Crippen molar-refractivity contribution < 1.29 is 33.7 Å². The Labute approximate surface area is 224 Å². The molecule has 7 heteroatoms. The van der Waals surface area contributed by atoms with E-state index in [0.29, 0.717) is 6.42 Å². The van der Waals surface area contributed by atoms with Crippen LogP contribution in [0.1, 0.15) is 59.4 Å². The second kappa shape index (κ2) is 11.5. The first-order valence-corrected chi connectivity index (χ1v) is 12.8. The van der Waals surface area contributed by atoms with Crippen molar-refractivity contribution in [3.05, 3.63) is 60.2 Å². The number of benzene rings is 3. The van der Waals surface area contributed by atoms with Gasteiger partial charge in [-0.1, -0.05) is 55.5 Å². The zero-order chi connectivity index (χ0) is 28.1. The van der Waals surface area contributed by atoms with Crippen molar-refractivity contribution in [2.75, 3.05) is 13.9 Å². The van der Waals surface area contributed by atoms with Crippen molar-refractivity contribution >= 4 is 39.5 Å². The third-order valence-electron chi connectivity index (χ3n) is 7.54. The van der Waals surface area contributed by atoms with Crippen LogP contribution in [0.3, 0.4) is 0 Å². The van der Waals surface area contributed by atoms with Crippen LogP contribution in [0, 0.1) is 16.2 Å². The molecule has 38 heavy (non-hydrogen) atoms. The molecule has 0 aliphatic rings. The molecule has 3 rings (SSSR count). The van der Waals surface area contributed by atoms with Gasteiger partial charge in [-0.3, -0.25) is 14.4 Å². The van der Waals surface area contributed by atoms with E-state index >= 15 is 0 Å². The highest BCUT2D eigenvalue weighted by molar-refractivity contribution is 6.02. The Hall–Kier alpha value is -3.45. The number of aliphatic hydroxyl groups excluding tert-OH is 1. The second-order valence-corrected chi connectivity index (χ2v) is 11.1.